The number of rotatable bonds is 4. The molecular weight excluding hydrogens is 256 g/mol. The van der Waals surface area contributed by atoms with Gasteiger partial charge in [0.25, 0.3) is 0 Å². The summed E-state index contributed by atoms with van der Waals surface area (Å²) >= 11 is 0. The average molecular weight is 288 g/mol. The third-order valence-electron chi connectivity index (χ3n) is 5.74. The highest BCUT2D eigenvalue weighted by atomic mass is 16.3. The van der Waals surface area contributed by atoms with E-state index in [4.69, 9.17) is 0 Å². The minimum Gasteiger partial charge on any atom is -0.392 e. The molecule has 0 radical (unpaired) electrons. The monoisotopic (exact) mass is 288 g/mol. The van der Waals surface area contributed by atoms with Gasteiger partial charge in [0.2, 0.25) is 0 Å². The molecule has 2 rings (SSSR count). The van der Waals surface area contributed by atoms with Crippen LogP contribution in [0.1, 0.15) is 60.3 Å². The number of allylic oxidation sites excluding steroid dienone is 5. The zero-order chi connectivity index (χ0) is 15.6. The second-order valence-electron chi connectivity index (χ2n) is 7.78. The molecule has 1 heteroatoms. The fourth-order valence-electron chi connectivity index (χ4n) is 4.41. The first-order chi connectivity index (χ1) is 9.85. The molecule has 2 aliphatic rings. The van der Waals surface area contributed by atoms with Crippen LogP contribution in [0.25, 0.3) is 0 Å². The van der Waals surface area contributed by atoms with E-state index >= 15 is 0 Å². The Kier molecular flexibility index (Phi) is 5.14. The minimum atomic E-state index is -0.188. The molecule has 1 saturated carbocycles. The Morgan fingerprint density at radius 2 is 2.19 bits per heavy atom. The Morgan fingerprint density at radius 1 is 1.48 bits per heavy atom. The molecule has 1 nitrogen and oxygen atoms in total. The van der Waals surface area contributed by atoms with Crippen molar-refractivity contribution in [3.05, 3.63) is 35.5 Å². The summed E-state index contributed by atoms with van der Waals surface area (Å²) in [6.07, 6.45) is 13.5. The zero-order valence-corrected chi connectivity index (χ0v) is 14.4. The lowest BCUT2D eigenvalue weighted by Crippen LogP contribution is -2.47. The van der Waals surface area contributed by atoms with E-state index in [0.29, 0.717) is 17.8 Å². The van der Waals surface area contributed by atoms with Crippen molar-refractivity contribution in [2.75, 3.05) is 0 Å². The van der Waals surface area contributed by atoms with Gasteiger partial charge in [0, 0.05) is 5.92 Å². The highest BCUT2D eigenvalue weighted by molar-refractivity contribution is 5.28. The quantitative estimate of drug-likeness (QED) is 0.698. The van der Waals surface area contributed by atoms with Crippen LogP contribution in [0.5, 0.6) is 0 Å². The number of aliphatic hydroxyl groups excluding tert-OH is 1. The van der Waals surface area contributed by atoms with Crippen LogP contribution in [0.15, 0.2) is 35.5 Å². The van der Waals surface area contributed by atoms with Gasteiger partial charge in [-0.2, -0.15) is 0 Å². The molecule has 0 aromatic heterocycles. The van der Waals surface area contributed by atoms with Gasteiger partial charge in [-0.3, -0.25) is 0 Å². The fourth-order valence-corrected chi connectivity index (χ4v) is 4.41. The molecule has 1 fully saturated rings. The molecule has 0 saturated heterocycles. The third kappa shape index (κ3) is 3.51. The van der Waals surface area contributed by atoms with Gasteiger partial charge in [0.1, 0.15) is 0 Å². The Bertz CT molecular complexity index is 452. The molecule has 21 heavy (non-hydrogen) atoms. The molecular formula is C20H32O. The molecule has 0 aromatic carbocycles. The Morgan fingerprint density at radius 3 is 2.86 bits per heavy atom. The van der Waals surface area contributed by atoms with Crippen molar-refractivity contribution in [1.29, 1.82) is 0 Å². The van der Waals surface area contributed by atoms with Crippen molar-refractivity contribution in [1.82, 2.24) is 0 Å². The van der Waals surface area contributed by atoms with Crippen molar-refractivity contribution in [2.45, 2.75) is 66.4 Å². The lowest BCUT2D eigenvalue weighted by Gasteiger charge is -2.49. The van der Waals surface area contributed by atoms with Crippen molar-refractivity contribution < 1.29 is 5.11 Å². The van der Waals surface area contributed by atoms with Crippen LogP contribution in [-0.2, 0) is 0 Å². The third-order valence-corrected chi connectivity index (χ3v) is 5.74. The van der Waals surface area contributed by atoms with Crippen molar-refractivity contribution in [3.63, 3.8) is 0 Å². The lowest BCUT2D eigenvalue weighted by molar-refractivity contribution is -0.0413. The molecule has 0 spiro atoms. The van der Waals surface area contributed by atoms with Gasteiger partial charge in [-0.15, -0.1) is 0 Å². The van der Waals surface area contributed by atoms with Crippen LogP contribution in [-0.4, -0.2) is 11.2 Å². The fraction of sp³-hybridized carbons (Fsp3) is 0.700. The predicted octanol–water partition coefficient (Wildman–Crippen LogP) is 5.28. The summed E-state index contributed by atoms with van der Waals surface area (Å²) < 4.78 is 0. The van der Waals surface area contributed by atoms with Gasteiger partial charge in [0.15, 0.2) is 0 Å². The summed E-state index contributed by atoms with van der Waals surface area (Å²) in [6, 6.07) is 0. The smallest absolute Gasteiger partial charge is 0.0644 e. The molecule has 2 aliphatic carbocycles. The molecule has 1 N–H and O–H groups in total. The van der Waals surface area contributed by atoms with E-state index in [1.807, 2.05) is 0 Å². The lowest BCUT2D eigenvalue weighted by atomic mass is 9.57. The molecule has 118 valence electrons. The van der Waals surface area contributed by atoms with Gasteiger partial charge >= 0.3 is 0 Å². The first-order valence-corrected chi connectivity index (χ1v) is 8.52. The topological polar surface area (TPSA) is 20.2 Å². The summed E-state index contributed by atoms with van der Waals surface area (Å²) in [7, 11) is 0. The van der Waals surface area contributed by atoms with E-state index < -0.39 is 0 Å². The van der Waals surface area contributed by atoms with Gasteiger partial charge in [-0.1, -0.05) is 49.3 Å². The molecule has 0 heterocycles. The van der Waals surface area contributed by atoms with E-state index in [1.165, 1.54) is 24.0 Å². The molecule has 0 aromatic rings. The maximum atomic E-state index is 11.0. The van der Waals surface area contributed by atoms with E-state index in [2.05, 4.69) is 58.9 Å². The molecule has 0 amide bonds. The van der Waals surface area contributed by atoms with Gasteiger partial charge in [0.05, 0.1) is 6.10 Å². The van der Waals surface area contributed by atoms with Crippen LogP contribution >= 0.6 is 0 Å². The first kappa shape index (κ1) is 16.5. The van der Waals surface area contributed by atoms with Gasteiger partial charge < -0.3 is 5.11 Å². The van der Waals surface area contributed by atoms with E-state index in [9.17, 15) is 5.11 Å². The standard InChI is InChI=1S/C20H32O/c1-14(2)8-6-9-15(3)17-11-13-20(5)12-7-10-16(4)18(20)19(17)21/h7-8,10,12,15,17-19,21H,6,9,11,13H2,1-5H3/t15-,17+,18+,19-,20-/m1/s1. The summed E-state index contributed by atoms with van der Waals surface area (Å²) in [5.41, 5.74) is 2.91. The number of aliphatic hydroxyl groups is 1. The first-order valence-electron chi connectivity index (χ1n) is 8.52. The van der Waals surface area contributed by atoms with Crippen molar-refractivity contribution >= 4 is 0 Å². The van der Waals surface area contributed by atoms with Crippen LogP contribution in [0, 0.1) is 23.2 Å². The number of hydrogen-bond acceptors (Lipinski definition) is 1. The largest absolute Gasteiger partial charge is 0.392 e. The normalized spacial score (nSPS) is 36.7. The second-order valence-corrected chi connectivity index (χ2v) is 7.78. The molecule has 5 atom stereocenters. The number of hydrogen-bond donors (Lipinski definition) is 1. The van der Waals surface area contributed by atoms with E-state index in [1.54, 1.807) is 0 Å². The predicted molar refractivity (Wildman–Crippen MR) is 91.1 cm³/mol. The van der Waals surface area contributed by atoms with Crippen LogP contribution in [0.2, 0.25) is 0 Å². The van der Waals surface area contributed by atoms with Crippen molar-refractivity contribution in [2.24, 2.45) is 23.2 Å². The summed E-state index contributed by atoms with van der Waals surface area (Å²) in [5.74, 6) is 1.36. The SMILES string of the molecule is CC(C)=CCC[C@@H](C)[C@@H]1CC[C@@]2(C)C=CC=C(C)[C@H]2[C@@H]1O. The maximum absolute atomic E-state index is 11.0. The van der Waals surface area contributed by atoms with E-state index in [0.717, 1.165) is 12.8 Å². The Hall–Kier alpha value is -0.820. The Balaban J connectivity index is 2.06. The summed E-state index contributed by atoms with van der Waals surface area (Å²) in [4.78, 5) is 0. The summed E-state index contributed by atoms with van der Waals surface area (Å²) in [6.45, 7) is 11.2. The summed E-state index contributed by atoms with van der Waals surface area (Å²) in [5, 5.41) is 11.0. The molecule has 0 aliphatic heterocycles. The van der Waals surface area contributed by atoms with Crippen LogP contribution < -0.4 is 0 Å². The van der Waals surface area contributed by atoms with Crippen LogP contribution in [0.4, 0.5) is 0 Å². The zero-order valence-electron chi connectivity index (χ0n) is 14.4. The highest BCUT2D eigenvalue weighted by Gasteiger charge is 2.47. The van der Waals surface area contributed by atoms with Crippen molar-refractivity contribution in [3.8, 4) is 0 Å². The highest BCUT2D eigenvalue weighted by Crippen LogP contribution is 2.51. The Labute approximate surface area is 130 Å². The van der Waals surface area contributed by atoms with Crippen LogP contribution in [0.3, 0.4) is 0 Å². The average Bonchev–Trinajstić information content (AvgIpc) is 2.37. The molecule has 0 bridgehead atoms. The van der Waals surface area contributed by atoms with E-state index in [-0.39, 0.29) is 11.5 Å². The van der Waals surface area contributed by atoms with Gasteiger partial charge in [-0.25, -0.2) is 0 Å². The second kappa shape index (κ2) is 6.52. The minimum absolute atomic E-state index is 0.161. The maximum Gasteiger partial charge on any atom is 0.0644 e. The molecule has 0 unspecified atom stereocenters. The number of fused-ring (bicyclic) bond motifs is 1. The van der Waals surface area contributed by atoms with Gasteiger partial charge in [-0.05, 0) is 63.7 Å².